The number of carbonyl (C=O) groups is 2. The van der Waals surface area contributed by atoms with Crippen molar-refractivity contribution in [2.75, 3.05) is 24.5 Å². The van der Waals surface area contributed by atoms with Crippen LogP contribution in [0.4, 0.5) is 5.69 Å². The van der Waals surface area contributed by atoms with Crippen LogP contribution in [0.5, 0.6) is 5.75 Å². The van der Waals surface area contributed by atoms with Crippen molar-refractivity contribution in [2.24, 2.45) is 0 Å². The molecule has 0 aromatic heterocycles. The smallest absolute Gasteiger partial charge is 0.264 e. The van der Waals surface area contributed by atoms with E-state index in [-0.39, 0.29) is 17.3 Å². The number of sulfonamides is 1. The lowest BCUT2D eigenvalue weighted by Gasteiger charge is -2.31. The van der Waals surface area contributed by atoms with Crippen LogP contribution in [-0.2, 0) is 26.2 Å². The molecule has 0 fully saturated rings. The number of hydrogen-bond acceptors (Lipinski definition) is 5. The fourth-order valence-electron chi connectivity index (χ4n) is 3.72. The highest BCUT2D eigenvalue weighted by atomic mass is 79.9. The summed E-state index contributed by atoms with van der Waals surface area (Å²) in [5.74, 6) is -0.314. The number of hydrogen-bond donors (Lipinski definition) is 1. The first-order valence-corrected chi connectivity index (χ1v) is 14.9. The molecular weight excluding hydrogens is 638 g/mol. The van der Waals surface area contributed by atoms with Gasteiger partial charge in [0.15, 0.2) is 0 Å². The quantitative estimate of drug-likeness (QED) is 0.312. The predicted molar refractivity (Wildman–Crippen MR) is 155 cm³/mol. The minimum Gasteiger partial charge on any atom is -0.494 e. The molecule has 38 heavy (non-hydrogen) atoms. The van der Waals surface area contributed by atoms with E-state index in [1.54, 1.807) is 43.3 Å². The molecule has 0 heterocycles. The van der Waals surface area contributed by atoms with Crippen LogP contribution in [0, 0.1) is 0 Å². The Morgan fingerprint density at radius 3 is 2.00 bits per heavy atom. The maximum absolute atomic E-state index is 13.8. The number of ether oxygens (including phenoxy) is 1. The van der Waals surface area contributed by atoms with E-state index in [1.807, 2.05) is 31.2 Å². The molecule has 0 saturated carbocycles. The van der Waals surface area contributed by atoms with Gasteiger partial charge in [-0.2, -0.15) is 0 Å². The highest BCUT2D eigenvalue weighted by Crippen LogP contribution is 2.27. The van der Waals surface area contributed by atoms with Crippen LogP contribution >= 0.6 is 31.9 Å². The lowest BCUT2D eigenvalue weighted by Crippen LogP contribution is -2.50. The Balaban J connectivity index is 2.02. The van der Waals surface area contributed by atoms with Gasteiger partial charge in [0, 0.05) is 22.5 Å². The number of halogens is 2. The number of nitrogens with one attached hydrogen (secondary N) is 1. The molecule has 0 aliphatic rings. The molecule has 8 nitrogen and oxygen atoms in total. The van der Waals surface area contributed by atoms with Crippen LogP contribution < -0.4 is 14.4 Å². The Hall–Kier alpha value is -2.89. The van der Waals surface area contributed by atoms with Gasteiger partial charge in [-0.25, -0.2) is 8.42 Å². The highest BCUT2D eigenvalue weighted by Gasteiger charge is 2.32. The second-order valence-corrected chi connectivity index (χ2v) is 12.0. The molecule has 11 heteroatoms. The van der Waals surface area contributed by atoms with Gasteiger partial charge in [-0.05, 0) is 80.1 Å². The third kappa shape index (κ3) is 7.36. The predicted octanol–water partition coefficient (Wildman–Crippen LogP) is 4.97. The van der Waals surface area contributed by atoms with Gasteiger partial charge in [0.05, 0.1) is 17.2 Å². The van der Waals surface area contributed by atoms with Gasteiger partial charge in [0.25, 0.3) is 10.0 Å². The minimum absolute atomic E-state index is 0.0289. The fourth-order valence-corrected chi connectivity index (χ4v) is 5.66. The molecule has 0 spiro atoms. The first-order chi connectivity index (χ1) is 18.1. The molecule has 202 valence electrons. The van der Waals surface area contributed by atoms with Crippen molar-refractivity contribution in [1.29, 1.82) is 0 Å². The van der Waals surface area contributed by atoms with Crippen molar-refractivity contribution in [3.8, 4) is 5.75 Å². The van der Waals surface area contributed by atoms with Crippen LogP contribution in [0.25, 0.3) is 0 Å². The highest BCUT2D eigenvalue weighted by molar-refractivity contribution is 9.10. The largest absolute Gasteiger partial charge is 0.494 e. The summed E-state index contributed by atoms with van der Waals surface area (Å²) < 4.78 is 35.7. The van der Waals surface area contributed by atoms with E-state index in [2.05, 4.69) is 37.2 Å². The van der Waals surface area contributed by atoms with E-state index in [0.717, 1.165) is 18.8 Å². The minimum atomic E-state index is -4.14. The first-order valence-electron chi connectivity index (χ1n) is 11.8. The van der Waals surface area contributed by atoms with E-state index in [9.17, 15) is 18.0 Å². The second kappa shape index (κ2) is 13.3. The number of carbonyl (C=O) groups excluding carboxylic acids is 2. The average Bonchev–Trinajstić information content (AvgIpc) is 2.91. The Labute approximate surface area is 240 Å². The van der Waals surface area contributed by atoms with Crippen molar-refractivity contribution in [2.45, 2.75) is 31.3 Å². The zero-order valence-corrected chi connectivity index (χ0v) is 25.2. The number of amides is 2. The van der Waals surface area contributed by atoms with Gasteiger partial charge in [-0.15, -0.1) is 0 Å². The first kappa shape index (κ1) is 29.7. The van der Waals surface area contributed by atoms with Crippen LogP contribution in [0.1, 0.15) is 19.4 Å². The molecule has 1 atom stereocenters. The van der Waals surface area contributed by atoms with Gasteiger partial charge >= 0.3 is 0 Å². The maximum atomic E-state index is 13.8. The standard InChI is InChI=1S/C27H29Br2N3O5S/c1-4-37-24-13-11-23(12-14-24)32(38(35,36)25-15-9-22(29)10-16-25)18-26(33)31(19(2)27(34)30-3)17-20-5-7-21(28)8-6-20/h5-16,19H,4,17-18H2,1-3H3,(H,30,34)/t19-/m1/s1. The van der Waals surface area contributed by atoms with Crippen molar-refractivity contribution < 1.29 is 22.7 Å². The SMILES string of the molecule is CCOc1ccc(N(CC(=O)N(Cc2ccc(Br)cc2)[C@H](C)C(=O)NC)S(=O)(=O)c2ccc(Br)cc2)cc1. The van der Waals surface area contributed by atoms with Crippen LogP contribution in [0.2, 0.25) is 0 Å². The Bertz CT molecular complexity index is 1350. The third-order valence-corrected chi connectivity index (χ3v) is 8.64. The monoisotopic (exact) mass is 665 g/mol. The molecule has 0 saturated heterocycles. The number of nitrogens with zero attached hydrogens (tertiary/aromatic N) is 2. The molecule has 1 N–H and O–H groups in total. The molecule has 3 aromatic carbocycles. The summed E-state index contributed by atoms with van der Waals surface area (Å²) in [7, 11) is -2.65. The lowest BCUT2D eigenvalue weighted by molar-refractivity contribution is -0.139. The Morgan fingerprint density at radius 2 is 1.47 bits per heavy atom. The lowest BCUT2D eigenvalue weighted by atomic mass is 10.1. The van der Waals surface area contributed by atoms with Gasteiger partial charge in [0.1, 0.15) is 18.3 Å². The third-order valence-electron chi connectivity index (χ3n) is 5.80. The molecule has 0 radical (unpaired) electrons. The number of likely N-dealkylation sites (N-methyl/N-ethyl adjacent to an activating group) is 1. The average molecular weight is 667 g/mol. The Morgan fingerprint density at radius 1 is 0.921 bits per heavy atom. The summed E-state index contributed by atoms with van der Waals surface area (Å²) >= 11 is 6.72. The fraction of sp³-hybridized carbons (Fsp3) is 0.259. The van der Waals surface area contributed by atoms with Crippen LogP contribution in [0.3, 0.4) is 0 Å². The van der Waals surface area contributed by atoms with E-state index in [0.29, 0.717) is 18.0 Å². The van der Waals surface area contributed by atoms with E-state index < -0.39 is 28.5 Å². The summed E-state index contributed by atoms with van der Waals surface area (Å²) in [5.41, 5.74) is 1.08. The van der Waals surface area contributed by atoms with Crippen molar-refractivity contribution >= 4 is 59.4 Å². The molecule has 0 aliphatic heterocycles. The summed E-state index contributed by atoms with van der Waals surface area (Å²) in [5, 5.41) is 2.57. The van der Waals surface area contributed by atoms with E-state index in [4.69, 9.17) is 4.74 Å². The van der Waals surface area contributed by atoms with E-state index >= 15 is 0 Å². The topological polar surface area (TPSA) is 96.0 Å². The number of anilines is 1. The number of benzene rings is 3. The van der Waals surface area contributed by atoms with Crippen molar-refractivity contribution in [3.05, 3.63) is 87.3 Å². The molecule has 0 bridgehead atoms. The van der Waals surface area contributed by atoms with Crippen molar-refractivity contribution in [3.63, 3.8) is 0 Å². The van der Waals surface area contributed by atoms with Gasteiger partial charge in [-0.3, -0.25) is 13.9 Å². The molecule has 3 aromatic rings. The maximum Gasteiger partial charge on any atom is 0.264 e. The van der Waals surface area contributed by atoms with Crippen LogP contribution in [-0.4, -0.2) is 51.4 Å². The Kier molecular flexibility index (Phi) is 10.3. The zero-order chi connectivity index (χ0) is 27.9. The normalized spacial score (nSPS) is 11.9. The summed E-state index contributed by atoms with van der Waals surface area (Å²) in [6.45, 7) is 3.53. The summed E-state index contributed by atoms with van der Waals surface area (Å²) in [6, 6.07) is 19.2. The number of rotatable bonds is 11. The summed E-state index contributed by atoms with van der Waals surface area (Å²) in [6.07, 6.45) is 0. The molecule has 0 aliphatic carbocycles. The molecule has 2 amide bonds. The molecule has 3 rings (SSSR count). The van der Waals surface area contributed by atoms with Crippen molar-refractivity contribution in [1.82, 2.24) is 10.2 Å². The molecule has 0 unspecified atom stereocenters. The van der Waals surface area contributed by atoms with Gasteiger partial charge in [0.2, 0.25) is 11.8 Å². The second-order valence-electron chi connectivity index (χ2n) is 8.33. The van der Waals surface area contributed by atoms with Gasteiger partial charge in [-0.1, -0.05) is 44.0 Å². The van der Waals surface area contributed by atoms with E-state index in [1.165, 1.54) is 24.1 Å². The van der Waals surface area contributed by atoms with Gasteiger partial charge < -0.3 is 15.0 Å². The van der Waals surface area contributed by atoms with Crippen LogP contribution in [0.15, 0.2) is 86.6 Å². The molecular formula is C27H29Br2N3O5S. The summed E-state index contributed by atoms with van der Waals surface area (Å²) in [4.78, 5) is 27.7. The zero-order valence-electron chi connectivity index (χ0n) is 21.2.